The molecule has 1 amide bonds. The average molecular weight is 334 g/mol. The molecule has 0 saturated heterocycles. The molecule has 9 heteroatoms. The molecule has 0 aliphatic rings. The number of rotatable bonds is 8. The second-order valence-electron chi connectivity index (χ2n) is 4.72. The van der Waals surface area contributed by atoms with E-state index in [0.717, 1.165) is 11.3 Å². The Labute approximate surface area is 127 Å². The molecule has 1 aromatic heterocycles. The van der Waals surface area contributed by atoms with E-state index < -0.39 is 27.9 Å². The van der Waals surface area contributed by atoms with Crippen LogP contribution in [-0.4, -0.2) is 38.0 Å². The van der Waals surface area contributed by atoms with E-state index in [1.807, 2.05) is 0 Å². The van der Waals surface area contributed by atoms with Gasteiger partial charge in [-0.05, 0) is 24.3 Å². The summed E-state index contributed by atoms with van der Waals surface area (Å²) in [4.78, 5) is 22.3. The second kappa shape index (κ2) is 7.53. The molecule has 0 radical (unpaired) electrons. The molecule has 1 aromatic rings. The predicted octanol–water partition coefficient (Wildman–Crippen LogP) is 0.642. The van der Waals surface area contributed by atoms with Crippen LogP contribution in [-0.2, 0) is 19.6 Å². The molecular formula is C12H18N2O5S2. The summed E-state index contributed by atoms with van der Waals surface area (Å²) >= 11 is 1.06. The Morgan fingerprint density at radius 1 is 1.38 bits per heavy atom. The summed E-state index contributed by atoms with van der Waals surface area (Å²) < 4.78 is 26.3. The number of amides is 1. The van der Waals surface area contributed by atoms with E-state index in [0.29, 0.717) is 0 Å². The third-order valence-corrected chi connectivity index (χ3v) is 5.57. The topological polar surface area (TPSA) is 113 Å². The van der Waals surface area contributed by atoms with E-state index in [-0.39, 0.29) is 23.1 Å². The zero-order chi connectivity index (χ0) is 16.0. The molecule has 2 unspecified atom stereocenters. The van der Waals surface area contributed by atoms with Crippen molar-refractivity contribution in [1.82, 2.24) is 10.0 Å². The summed E-state index contributed by atoms with van der Waals surface area (Å²) in [5.41, 5.74) is 0. The Morgan fingerprint density at radius 3 is 2.57 bits per heavy atom. The van der Waals surface area contributed by atoms with Crippen molar-refractivity contribution < 1.29 is 23.1 Å². The van der Waals surface area contributed by atoms with Crippen molar-refractivity contribution in [3.8, 4) is 0 Å². The van der Waals surface area contributed by atoms with Crippen molar-refractivity contribution in [2.24, 2.45) is 5.92 Å². The molecule has 0 aromatic carbocycles. The van der Waals surface area contributed by atoms with Gasteiger partial charge in [-0.3, -0.25) is 9.59 Å². The Hall–Kier alpha value is -1.45. The Morgan fingerprint density at radius 2 is 2.05 bits per heavy atom. The number of aliphatic carboxylic acids is 1. The molecule has 0 saturated carbocycles. The van der Waals surface area contributed by atoms with Gasteiger partial charge < -0.3 is 10.4 Å². The summed E-state index contributed by atoms with van der Waals surface area (Å²) in [6, 6.07) is 2.12. The smallest absolute Gasteiger partial charge is 0.303 e. The van der Waals surface area contributed by atoms with E-state index in [1.165, 1.54) is 13.0 Å². The maximum absolute atomic E-state index is 11.9. The van der Waals surface area contributed by atoms with Crippen molar-refractivity contribution in [3.05, 3.63) is 17.5 Å². The Bertz CT molecular complexity index is 583. The van der Waals surface area contributed by atoms with Gasteiger partial charge in [-0.15, -0.1) is 11.3 Å². The number of carbonyl (C=O) groups excluding carboxylic acids is 1. The molecule has 0 spiro atoms. The van der Waals surface area contributed by atoms with Gasteiger partial charge in [0.25, 0.3) is 10.0 Å². The van der Waals surface area contributed by atoms with Crippen molar-refractivity contribution in [2.75, 3.05) is 6.54 Å². The van der Waals surface area contributed by atoms with Gasteiger partial charge in [-0.2, -0.15) is 4.72 Å². The minimum Gasteiger partial charge on any atom is -0.481 e. The summed E-state index contributed by atoms with van der Waals surface area (Å²) in [6.07, 6.45) is -0.0599. The minimum absolute atomic E-state index is 0.0599. The molecular weight excluding hydrogens is 316 g/mol. The zero-order valence-corrected chi connectivity index (χ0v) is 13.3. The molecule has 2 atom stereocenters. The second-order valence-corrected chi connectivity index (χ2v) is 7.61. The molecule has 0 aliphatic carbocycles. The van der Waals surface area contributed by atoms with Gasteiger partial charge >= 0.3 is 5.97 Å². The fourth-order valence-electron chi connectivity index (χ4n) is 1.56. The van der Waals surface area contributed by atoms with Crippen LogP contribution in [0.5, 0.6) is 0 Å². The number of carboxylic acids is 1. The largest absolute Gasteiger partial charge is 0.481 e. The van der Waals surface area contributed by atoms with Gasteiger partial charge in [0.15, 0.2) is 0 Å². The normalized spacial score (nSPS) is 14.4. The van der Waals surface area contributed by atoms with Gasteiger partial charge in [0.05, 0.1) is 6.04 Å². The maximum atomic E-state index is 11.9. The first-order valence-corrected chi connectivity index (χ1v) is 8.64. The van der Waals surface area contributed by atoms with Crippen LogP contribution < -0.4 is 10.0 Å². The Kier molecular flexibility index (Phi) is 6.31. The lowest BCUT2D eigenvalue weighted by atomic mass is 10.1. The van der Waals surface area contributed by atoms with Crippen LogP contribution in [0, 0.1) is 5.92 Å². The van der Waals surface area contributed by atoms with E-state index in [2.05, 4.69) is 10.0 Å². The fourth-order valence-corrected chi connectivity index (χ4v) is 3.77. The lowest BCUT2D eigenvalue weighted by Crippen LogP contribution is -2.45. The molecule has 3 N–H and O–H groups in total. The summed E-state index contributed by atoms with van der Waals surface area (Å²) in [7, 11) is -3.71. The number of carbonyl (C=O) groups is 2. The molecule has 21 heavy (non-hydrogen) atoms. The number of carboxylic acid groups (broad SMARTS) is 1. The summed E-state index contributed by atoms with van der Waals surface area (Å²) in [5.74, 6) is -1.66. The first kappa shape index (κ1) is 17.6. The standard InChI is InChI=1S/C12H18N2O5S2/c1-8(6-10(15)16)7-13-12(17)9(2)14-21(18,19)11-4-3-5-20-11/h3-5,8-9,14H,6-7H2,1-2H3,(H,13,17)(H,15,16). The van der Waals surface area contributed by atoms with Crippen molar-refractivity contribution in [2.45, 2.75) is 30.5 Å². The highest BCUT2D eigenvalue weighted by atomic mass is 32.2. The average Bonchev–Trinajstić information content (AvgIpc) is 2.89. The number of thiophene rings is 1. The molecule has 0 bridgehead atoms. The monoisotopic (exact) mass is 334 g/mol. The molecule has 118 valence electrons. The lowest BCUT2D eigenvalue weighted by molar-refractivity contribution is -0.138. The summed E-state index contributed by atoms with van der Waals surface area (Å²) in [5, 5.41) is 12.8. The molecule has 1 heterocycles. The van der Waals surface area contributed by atoms with Crippen molar-refractivity contribution >= 4 is 33.2 Å². The van der Waals surface area contributed by atoms with Gasteiger partial charge in [0.1, 0.15) is 4.21 Å². The van der Waals surface area contributed by atoms with Gasteiger partial charge in [0.2, 0.25) is 5.91 Å². The first-order valence-electron chi connectivity index (χ1n) is 6.27. The Balaban J connectivity index is 2.50. The third-order valence-electron chi connectivity index (χ3n) is 2.63. The van der Waals surface area contributed by atoms with Crippen LogP contribution in [0.15, 0.2) is 21.7 Å². The highest BCUT2D eigenvalue weighted by molar-refractivity contribution is 7.91. The lowest BCUT2D eigenvalue weighted by Gasteiger charge is -2.15. The minimum atomic E-state index is -3.71. The predicted molar refractivity (Wildman–Crippen MR) is 78.5 cm³/mol. The van der Waals surface area contributed by atoms with Crippen molar-refractivity contribution in [1.29, 1.82) is 0 Å². The highest BCUT2D eigenvalue weighted by Gasteiger charge is 2.23. The third kappa shape index (κ3) is 5.82. The van der Waals surface area contributed by atoms with E-state index in [1.54, 1.807) is 18.4 Å². The summed E-state index contributed by atoms with van der Waals surface area (Å²) in [6.45, 7) is 3.30. The van der Waals surface area contributed by atoms with E-state index in [9.17, 15) is 18.0 Å². The van der Waals surface area contributed by atoms with E-state index >= 15 is 0 Å². The van der Waals surface area contributed by atoms with Crippen LogP contribution in [0.25, 0.3) is 0 Å². The van der Waals surface area contributed by atoms with Crippen LogP contribution in [0.2, 0.25) is 0 Å². The quantitative estimate of drug-likeness (QED) is 0.646. The van der Waals surface area contributed by atoms with Crippen LogP contribution in [0.1, 0.15) is 20.3 Å². The fraction of sp³-hybridized carbons (Fsp3) is 0.500. The number of hydrogen-bond donors (Lipinski definition) is 3. The zero-order valence-electron chi connectivity index (χ0n) is 11.7. The van der Waals surface area contributed by atoms with E-state index in [4.69, 9.17) is 5.11 Å². The number of sulfonamides is 1. The van der Waals surface area contributed by atoms with Crippen molar-refractivity contribution in [3.63, 3.8) is 0 Å². The van der Waals surface area contributed by atoms with Crippen LogP contribution in [0.4, 0.5) is 0 Å². The number of nitrogens with one attached hydrogen (secondary N) is 2. The maximum Gasteiger partial charge on any atom is 0.303 e. The number of hydrogen-bond acceptors (Lipinski definition) is 5. The molecule has 7 nitrogen and oxygen atoms in total. The SMILES string of the molecule is CC(CNC(=O)C(C)NS(=O)(=O)c1cccs1)CC(=O)O. The van der Waals surface area contributed by atoms with Gasteiger partial charge in [0, 0.05) is 13.0 Å². The first-order chi connectivity index (χ1) is 9.72. The van der Waals surface area contributed by atoms with Crippen LogP contribution in [0.3, 0.4) is 0 Å². The molecule has 1 rings (SSSR count). The molecule has 0 aliphatic heterocycles. The van der Waals surface area contributed by atoms with Gasteiger partial charge in [-0.1, -0.05) is 13.0 Å². The van der Waals surface area contributed by atoms with Crippen LogP contribution >= 0.6 is 11.3 Å². The highest BCUT2D eigenvalue weighted by Crippen LogP contribution is 2.15. The molecule has 0 fully saturated rings. The van der Waals surface area contributed by atoms with Gasteiger partial charge in [-0.25, -0.2) is 8.42 Å².